The molecule has 5 nitrogen and oxygen atoms in total. The molecule has 9 heteroatoms. The molecule has 0 aliphatic rings. The molecule has 1 aromatic heterocycles. The van der Waals surface area contributed by atoms with Gasteiger partial charge in [0.05, 0.1) is 11.4 Å². The fraction of sp³-hybridized carbons (Fsp3) is 0.0370. The highest BCUT2D eigenvalue weighted by Gasteiger charge is 2.48. The van der Waals surface area contributed by atoms with E-state index in [9.17, 15) is 21.6 Å². The highest BCUT2D eigenvalue weighted by Crippen LogP contribution is 2.32. The van der Waals surface area contributed by atoms with Crippen LogP contribution in [0.3, 0.4) is 0 Å². The van der Waals surface area contributed by atoms with Crippen LogP contribution in [0.25, 0.3) is 44.7 Å². The second-order valence-corrected chi connectivity index (χ2v) is 9.44. The van der Waals surface area contributed by atoms with Crippen molar-refractivity contribution >= 4 is 20.9 Å². The first-order valence-corrected chi connectivity index (χ1v) is 12.2. The highest BCUT2D eigenvalue weighted by molar-refractivity contribution is 7.88. The Hall–Kier alpha value is -4.24. The second kappa shape index (κ2) is 9.09. The monoisotopic (exact) mass is 506 g/mol. The van der Waals surface area contributed by atoms with Crippen molar-refractivity contribution in [2.24, 2.45) is 0 Å². The molecule has 0 spiro atoms. The van der Waals surface area contributed by atoms with Crippen molar-refractivity contribution in [3.8, 4) is 39.7 Å². The van der Waals surface area contributed by atoms with Crippen molar-refractivity contribution in [3.05, 3.63) is 103 Å². The highest BCUT2D eigenvalue weighted by atomic mass is 32.2. The maximum absolute atomic E-state index is 12.7. The number of hydrogen-bond acceptors (Lipinski definition) is 5. The minimum atomic E-state index is -5.77. The van der Waals surface area contributed by atoms with Crippen LogP contribution in [0.15, 0.2) is 103 Å². The maximum atomic E-state index is 12.7. The summed E-state index contributed by atoms with van der Waals surface area (Å²) in [6.07, 6.45) is 0. The first kappa shape index (κ1) is 23.5. The summed E-state index contributed by atoms with van der Waals surface area (Å²) >= 11 is 0. The van der Waals surface area contributed by atoms with E-state index in [-0.39, 0.29) is 0 Å². The zero-order valence-electron chi connectivity index (χ0n) is 18.5. The van der Waals surface area contributed by atoms with Gasteiger partial charge < -0.3 is 4.18 Å². The number of fused-ring (bicyclic) bond motifs is 1. The number of halogens is 3. The van der Waals surface area contributed by atoms with E-state index in [0.29, 0.717) is 33.5 Å². The van der Waals surface area contributed by atoms with Crippen molar-refractivity contribution in [2.75, 3.05) is 0 Å². The van der Waals surface area contributed by atoms with Gasteiger partial charge in [0, 0.05) is 16.7 Å². The summed E-state index contributed by atoms with van der Waals surface area (Å²) in [5.74, 6) is 0.0787. The van der Waals surface area contributed by atoms with Crippen molar-refractivity contribution in [1.82, 2.24) is 9.97 Å². The summed E-state index contributed by atoms with van der Waals surface area (Å²) in [5.41, 5.74) is -1.83. The molecule has 0 fully saturated rings. The summed E-state index contributed by atoms with van der Waals surface area (Å²) in [4.78, 5) is 9.47. The van der Waals surface area contributed by atoms with Gasteiger partial charge in [-0.1, -0.05) is 78.9 Å². The van der Waals surface area contributed by atoms with Gasteiger partial charge in [-0.15, -0.1) is 0 Å². The zero-order chi connectivity index (χ0) is 25.3. The van der Waals surface area contributed by atoms with Crippen LogP contribution in [-0.2, 0) is 10.1 Å². The summed E-state index contributed by atoms with van der Waals surface area (Å²) in [6.45, 7) is 0. The molecular formula is C27H17F3N2O3S. The molecule has 0 aliphatic carbocycles. The summed E-state index contributed by atoms with van der Waals surface area (Å²) in [6, 6.07) is 30.2. The number of rotatable bonds is 5. The van der Waals surface area contributed by atoms with E-state index < -0.39 is 21.4 Å². The average Bonchev–Trinajstić information content (AvgIpc) is 2.88. The van der Waals surface area contributed by atoms with E-state index in [2.05, 4.69) is 4.18 Å². The third-order valence-corrected chi connectivity index (χ3v) is 6.40. The molecule has 0 saturated carbocycles. The van der Waals surface area contributed by atoms with Gasteiger partial charge in [-0.3, -0.25) is 0 Å². The number of benzene rings is 4. The topological polar surface area (TPSA) is 69.2 Å². The van der Waals surface area contributed by atoms with E-state index in [1.165, 1.54) is 18.2 Å². The van der Waals surface area contributed by atoms with E-state index in [0.717, 1.165) is 11.1 Å². The molecular weight excluding hydrogens is 489 g/mol. The molecule has 0 saturated heterocycles. The lowest BCUT2D eigenvalue weighted by Crippen LogP contribution is -2.28. The van der Waals surface area contributed by atoms with Gasteiger partial charge in [-0.25, -0.2) is 9.97 Å². The zero-order valence-corrected chi connectivity index (χ0v) is 19.3. The Bertz CT molecular complexity index is 1600. The van der Waals surface area contributed by atoms with Crippen molar-refractivity contribution < 1.29 is 25.8 Å². The maximum Gasteiger partial charge on any atom is 0.534 e. The lowest BCUT2D eigenvalue weighted by Gasteiger charge is -2.11. The molecule has 5 rings (SSSR count). The van der Waals surface area contributed by atoms with E-state index in [1.807, 2.05) is 72.8 Å². The van der Waals surface area contributed by atoms with Gasteiger partial charge in [0.1, 0.15) is 5.75 Å². The lowest BCUT2D eigenvalue weighted by molar-refractivity contribution is -0.0500. The molecule has 0 amide bonds. The molecule has 4 aromatic carbocycles. The Morgan fingerprint density at radius 2 is 1.19 bits per heavy atom. The van der Waals surface area contributed by atoms with Crippen molar-refractivity contribution in [1.29, 1.82) is 0 Å². The van der Waals surface area contributed by atoms with Gasteiger partial charge in [-0.05, 0) is 35.0 Å². The quantitative estimate of drug-likeness (QED) is 0.192. The summed E-state index contributed by atoms with van der Waals surface area (Å²) in [7, 11) is -5.77. The molecule has 0 bridgehead atoms. The largest absolute Gasteiger partial charge is 0.534 e. The minimum Gasteiger partial charge on any atom is -0.376 e. The first-order chi connectivity index (χ1) is 17.2. The fourth-order valence-corrected chi connectivity index (χ4v) is 4.13. The molecule has 180 valence electrons. The van der Waals surface area contributed by atoms with Gasteiger partial charge in [-0.2, -0.15) is 21.6 Å². The molecule has 0 atom stereocenters. The Morgan fingerprint density at radius 3 is 1.83 bits per heavy atom. The standard InChI is InChI=1S/C27H17F3N2O3S/c28-27(29,30)36(33,34)35-23-14-13-18-11-12-21(15-22(18)16-23)25-17-24(19-7-3-1-4-8-19)31-26(32-25)20-9-5-2-6-10-20/h1-17H. The van der Waals surface area contributed by atoms with Crippen LogP contribution in [0.5, 0.6) is 5.75 Å². The average molecular weight is 507 g/mol. The molecule has 0 radical (unpaired) electrons. The SMILES string of the molecule is O=S(=O)(Oc1ccc2ccc(-c3cc(-c4ccccc4)nc(-c4ccccc4)n3)cc2c1)C(F)(F)F. The Morgan fingerprint density at radius 1 is 0.611 bits per heavy atom. The lowest BCUT2D eigenvalue weighted by atomic mass is 10.0. The fourth-order valence-electron chi connectivity index (χ4n) is 3.68. The van der Waals surface area contributed by atoms with E-state index >= 15 is 0 Å². The molecule has 0 unspecified atom stereocenters. The van der Waals surface area contributed by atoms with Crippen molar-refractivity contribution in [3.63, 3.8) is 0 Å². The molecule has 0 N–H and O–H groups in total. The van der Waals surface area contributed by atoms with E-state index in [4.69, 9.17) is 9.97 Å². The summed E-state index contributed by atoms with van der Waals surface area (Å²) < 4.78 is 65.4. The van der Waals surface area contributed by atoms with Crippen LogP contribution in [0, 0.1) is 0 Å². The predicted octanol–water partition coefficient (Wildman–Crippen LogP) is 6.86. The third kappa shape index (κ3) is 4.78. The Balaban J connectivity index is 1.61. The molecule has 0 aliphatic heterocycles. The minimum absolute atomic E-state index is 0.436. The van der Waals surface area contributed by atoms with Crippen LogP contribution in [0.2, 0.25) is 0 Å². The van der Waals surface area contributed by atoms with Crippen LogP contribution in [0.4, 0.5) is 13.2 Å². The first-order valence-electron chi connectivity index (χ1n) is 10.7. The van der Waals surface area contributed by atoms with Gasteiger partial charge in [0.25, 0.3) is 0 Å². The van der Waals surface area contributed by atoms with Crippen LogP contribution >= 0.6 is 0 Å². The molecule has 1 heterocycles. The molecule has 5 aromatic rings. The van der Waals surface area contributed by atoms with Gasteiger partial charge in [0.2, 0.25) is 0 Å². The third-order valence-electron chi connectivity index (χ3n) is 5.42. The second-order valence-electron chi connectivity index (χ2n) is 7.90. The Labute approximate surface area is 205 Å². The van der Waals surface area contributed by atoms with Crippen LogP contribution in [-0.4, -0.2) is 23.9 Å². The summed E-state index contributed by atoms with van der Waals surface area (Å²) in [5, 5.41) is 1.18. The normalized spacial score (nSPS) is 12.0. The number of hydrogen-bond donors (Lipinski definition) is 0. The van der Waals surface area contributed by atoms with E-state index in [1.54, 1.807) is 12.1 Å². The van der Waals surface area contributed by atoms with Gasteiger partial charge >= 0.3 is 15.6 Å². The number of nitrogens with zero attached hydrogens (tertiary/aromatic N) is 2. The Kier molecular flexibility index (Phi) is 5.93. The van der Waals surface area contributed by atoms with Crippen LogP contribution in [0.1, 0.15) is 0 Å². The smallest absolute Gasteiger partial charge is 0.376 e. The number of aromatic nitrogens is 2. The van der Waals surface area contributed by atoms with Crippen LogP contribution < -0.4 is 4.18 Å². The predicted molar refractivity (Wildman–Crippen MR) is 131 cm³/mol. The van der Waals surface area contributed by atoms with Gasteiger partial charge in [0.15, 0.2) is 5.82 Å². The van der Waals surface area contributed by atoms with Crippen molar-refractivity contribution in [2.45, 2.75) is 5.51 Å². The molecule has 36 heavy (non-hydrogen) atoms. The number of alkyl halides is 3.